The lowest BCUT2D eigenvalue weighted by atomic mass is 9.97. The van der Waals surface area contributed by atoms with Crippen molar-refractivity contribution in [1.82, 2.24) is 0 Å². The van der Waals surface area contributed by atoms with Crippen LogP contribution in [0, 0.1) is 5.92 Å². The minimum absolute atomic E-state index is 0.0776. The van der Waals surface area contributed by atoms with Crippen molar-refractivity contribution in [3.05, 3.63) is 18.2 Å². The van der Waals surface area contributed by atoms with Gasteiger partial charge in [-0.3, -0.25) is 4.79 Å². The van der Waals surface area contributed by atoms with Gasteiger partial charge in [0.15, 0.2) is 0 Å². The first-order valence-electron chi connectivity index (χ1n) is 6.09. The van der Waals surface area contributed by atoms with Gasteiger partial charge in [-0.1, -0.05) is 0 Å². The van der Waals surface area contributed by atoms with Crippen LogP contribution in [-0.2, 0) is 4.79 Å². The molecule has 1 aromatic carbocycles. The van der Waals surface area contributed by atoms with Gasteiger partial charge in [0.1, 0.15) is 5.75 Å². The van der Waals surface area contributed by atoms with Crippen molar-refractivity contribution in [3.63, 3.8) is 0 Å². The molecule has 0 aromatic heterocycles. The first-order valence-corrected chi connectivity index (χ1v) is 6.09. The summed E-state index contributed by atoms with van der Waals surface area (Å²) in [7, 11) is 1.61. The predicted octanol–water partition coefficient (Wildman–Crippen LogP) is 0.979. The number of carbonyl (C=O) groups excluding carboxylic acids is 1. The Hall–Kier alpha value is -1.91. The summed E-state index contributed by atoms with van der Waals surface area (Å²) in [6.45, 7) is 1.57. The number of carbonyl (C=O) groups is 1. The minimum atomic E-state index is -0.226. The van der Waals surface area contributed by atoms with Crippen LogP contribution in [0.3, 0.4) is 0 Å². The number of nitrogen functional groups attached to an aromatic ring is 1. The van der Waals surface area contributed by atoms with E-state index in [0.717, 1.165) is 30.8 Å². The number of primary amides is 1. The van der Waals surface area contributed by atoms with E-state index in [0.29, 0.717) is 12.2 Å². The van der Waals surface area contributed by atoms with Crippen molar-refractivity contribution in [3.8, 4) is 5.75 Å². The molecule has 4 N–H and O–H groups in total. The fourth-order valence-electron chi connectivity index (χ4n) is 2.35. The molecule has 0 aliphatic carbocycles. The Bertz CT molecular complexity index is 448. The zero-order chi connectivity index (χ0) is 13.1. The van der Waals surface area contributed by atoms with Crippen LogP contribution in [0.5, 0.6) is 5.75 Å². The molecule has 0 saturated carbocycles. The highest BCUT2D eigenvalue weighted by Crippen LogP contribution is 2.28. The van der Waals surface area contributed by atoms with Crippen molar-refractivity contribution in [2.45, 2.75) is 12.8 Å². The van der Waals surface area contributed by atoms with Crippen LogP contribution in [0.25, 0.3) is 0 Å². The second-order valence-electron chi connectivity index (χ2n) is 4.65. The smallest absolute Gasteiger partial charge is 0.222 e. The average Bonchev–Trinajstić information content (AvgIpc) is 2.38. The number of hydrogen-bond acceptors (Lipinski definition) is 4. The Morgan fingerprint density at radius 3 is 2.89 bits per heavy atom. The Morgan fingerprint density at radius 1 is 1.44 bits per heavy atom. The van der Waals surface area contributed by atoms with Gasteiger partial charge in [-0.05, 0) is 18.9 Å². The molecule has 1 heterocycles. The van der Waals surface area contributed by atoms with Gasteiger partial charge in [-0.25, -0.2) is 0 Å². The van der Waals surface area contributed by atoms with Gasteiger partial charge in [-0.15, -0.1) is 0 Å². The Kier molecular flexibility index (Phi) is 3.60. The van der Waals surface area contributed by atoms with E-state index in [9.17, 15) is 4.79 Å². The van der Waals surface area contributed by atoms with Crippen LogP contribution in [0.4, 0.5) is 11.4 Å². The molecule has 2 rings (SSSR count). The zero-order valence-electron chi connectivity index (χ0n) is 10.6. The topological polar surface area (TPSA) is 81.6 Å². The Labute approximate surface area is 107 Å². The quantitative estimate of drug-likeness (QED) is 0.782. The van der Waals surface area contributed by atoms with Crippen molar-refractivity contribution in [2.24, 2.45) is 11.7 Å². The summed E-state index contributed by atoms with van der Waals surface area (Å²) >= 11 is 0. The summed E-state index contributed by atoms with van der Waals surface area (Å²) in [5.74, 6) is 0.424. The zero-order valence-corrected chi connectivity index (χ0v) is 10.6. The predicted molar refractivity (Wildman–Crippen MR) is 71.5 cm³/mol. The number of ether oxygens (including phenoxy) is 1. The molecule has 1 saturated heterocycles. The molecule has 1 aliphatic heterocycles. The van der Waals surface area contributed by atoms with Gasteiger partial charge in [0, 0.05) is 36.6 Å². The summed E-state index contributed by atoms with van der Waals surface area (Å²) in [5, 5.41) is 0. The normalized spacial score (nSPS) is 19.6. The van der Waals surface area contributed by atoms with E-state index in [4.69, 9.17) is 16.2 Å². The highest BCUT2D eigenvalue weighted by molar-refractivity contribution is 5.77. The second-order valence-corrected chi connectivity index (χ2v) is 4.65. The highest BCUT2D eigenvalue weighted by Gasteiger charge is 2.24. The molecule has 5 heteroatoms. The van der Waals surface area contributed by atoms with E-state index in [1.807, 2.05) is 12.1 Å². The molecule has 1 aromatic rings. The number of hydrogen-bond donors (Lipinski definition) is 2. The Balaban J connectivity index is 2.20. The highest BCUT2D eigenvalue weighted by atomic mass is 16.5. The molecule has 1 atom stereocenters. The second kappa shape index (κ2) is 5.16. The van der Waals surface area contributed by atoms with Gasteiger partial charge >= 0.3 is 0 Å². The number of methoxy groups -OCH3 is 1. The van der Waals surface area contributed by atoms with Crippen LogP contribution < -0.4 is 21.1 Å². The first kappa shape index (κ1) is 12.5. The molecular weight excluding hydrogens is 230 g/mol. The van der Waals surface area contributed by atoms with Gasteiger partial charge in [0.2, 0.25) is 5.91 Å². The third-order valence-electron chi connectivity index (χ3n) is 3.34. The molecular formula is C13H19N3O2. The van der Waals surface area contributed by atoms with Gasteiger partial charge in [-0.2, -0.15) is 0 Å². The standard InChI is InChI=1S/C13H19N3O2/c1-18-12-6-10(14)5-11(7-12)16-4-2-3-9(8-16)13(15)17/h5-7,9H,2-4,8,14H2,1H3,(H2,15,17). The van der Waals surface area contributed by atoms with Gasteiger partial charge < -0.3 is 21.1 Å². The molecule has 1 unspecified atom stereocenters. The van der Waals surface area contributed by atoms with Crippen LogP contribution >= 0.6 is 0 Å². The summed E-state index contributed by atoms with van der Waals surface area (Å²) in [6.07, 6.45) is 1.83. The Morgan fingerprint density at radius 2 is 2.22 bits per heavy atom. The lowest BCUT2D eigenvalue weighted by Crippen LogP contribution is -2.41. The number of rotatable bonds is 3. The van der Waals surface area contributed by atoms with Gasteiger partial charge in [0.05, 0.1) is 13.0 Å². The van der Waals surface area contributed by atoms with Crippen LogP contribution in [-0.4, -0.2) is 26.1 Å². The third-order valence-corrected chi connectivity index (χ3v) is 3.34. The molecule has 5 nitrogen and oxygen atoms in total. The monoisotopic (exact) mass is 249 g/mol. The number of piperidine rings is 1. The molecule has 0 bridgehead atoms. The molecule has 0 spiro atoms. The first-order chi connectivity index (χ1) is 8.60. The number of amides is 1. The van der Waals surface area contributed by atoms with E-state index in [1.54, 1.807) is 13.2 Å². The fourth-order valence-corrected chi connectivity index (χ4v) is 2.35. The number of nitrogens with zero attached hydrogens (tertiary/aromatic N) is 1. The van der Waals surface area contributed by atoms with Crippen molar-refractivity contribution < 1.29 is 9.53 Å². The summed E-state index contributed by atoms with van der Waals surface area (Å²) in [4.78, 5) is 13.4. The average molecular weight is 249 g/mol. The van der Waals surface area contributed by atoms with Crippen molar-refractivity contribution >= 4 is 17.3 Å². The lowest BCUT2D eigenvalue weighted by Gasteiger charge is -2.33. The SMILES string of the molecule is COc1cc(N)cc(N2CCCC(C(N)=O)C2)c1. The van der Waals surface area contributed by atoms with E-state index in [-0.39, 0.29) is 11.8 Å². The molecule has 1 fully saturated rings. The van der Waals surface area contributed by atoms with Crippen molar-refractivity contribution in [1.29, 1.82) is 0 Å². The van der Waals surface area contributed by atoms with E-state index in [1.165, 1.54) is 0 Å². The molecule has 18 heavy (non-hydrogen) atoms. The summed E-state index contributed by atoms with van der Waals surface area (Å²) in [6, 6.07) is 5.60. The van der Waals surface area contributed by atoms with E-state index in [2.05, 4.69) is 4.90 Å². The maximum absolute atomic E-state index is 11.3. The van der Waals surface area contributed by atoms with Crippen LogP contribution in [0.2, 0.25) is 0 Å². The lowest BCUT2D eigenvalue weighted by molar-refractivity contribution is -0.122. The number of benzene rings is 1. The molecule has 1 amide bonds. The number of anilines is 2. The van der Waals surface area contributed by atoms with Crippen LogP contribution in [0.15, 0.2) is 18.2 Å². The van der Waals surface area contributed by atoms with E-state index >= 15 is 0 Å². The third kappa shape index (κ3) is 2.67. The maximum Gasteiger partial charge on any atom is 0.222 e. The largest absolute Gasteiger partial charge is 0.497 e. The summed E-state index contributed by atoms with van der Waals surface area (Å²) in [5.41, 5.74) is 12.9. The molecule has 1 aliphatic rings. The minimum Gasteiger partial charge on any atom is -0.497 e. The molecule has 0 radical (unpaired) electrons. The number of nitrogens with two attached hydrogens (primary N) is 2. The van der Waals surface area contributed by atoms with Gasteiger partial charge in [0.25, 0.3) is 0 Å². The molecule has 98 valence electrons. The maximum atomic E-state index is 11.3. The summed E-state index contributed by atoms with van der Waals surface area (Å²) < 4.78 is 5.20. The van der Waals surface area contributed by atoms with Crippen molar-refractivity contribution in [2.75, 3.05) is 30.8 Å². The van der Waals surface area contributed by atoms with Crippen LogP contribution in [0.1, 0.15) is 12.8 Å². The fraction of sp³-hybridized carbons (Fsp3) is 0.462. The van der Waals surface area contributed by atoms with E-state index < -0.39 is 0 Å².